The highest BCUT2D eigenvalue weighted by molar-refractivity contribution is 7.89. The summed E-state index contributed by atoms with van der Waals surface area (Å²) in [7, 11) is -3.77. The van der Waals surface area contributed by atoms with Crippen LogP contribution in [-0.4, -0.2) is 20.6 Å². The smallest absolute Gasteiger partial charge is 0.264 e. The van der Waals surface area contributed by atoms with E-state index in [4.69, 9.17) is 27.9 Å². The van der Waals surface area contributed by atoms with Crippen molar-refractivity contribution >= 4 is 39.1 Å². The number of rotatable bonds is 6. The Kier molecular flexibility index (Phi) is 6.65. The molecular weight excluding hydrogens is 452 g/mol. The summed E-state index contributed by atoms with van der Waals surface area (Å²) in [6.45, 7) is 0. The van der Waals surface area contributed by atoms with Crippen LogP contribution in [-0.2, 0) is 10.0 Å². The van der Waals surface area contributed by atoms with Crippen LogP contribution in [0.2, 0.25) is 10.0 Å². The van der Waals surface area contributed by atoms with Gasteiger partial charge in [-0.05, 0) is 42.0 Å². The van der Waals surface area contributed by atoms with E-state index >= 15 is 0 Å². The molecule has 3 aromatic rings. The monoisotopic (exact) mass is 467 g/mol. The van der Waals surface area contributed by atoms with Gasteiger partial charge in [-0.15, -0.1) is 0 Å². The van der Waals surface area contributed by atoms with Crippen molar-refractivity contribution in [2.45, 2.75) is 6.10 Å². The Labute approximate surface area is 183 Å². The van der Waals surface area contributed by atoms with Crippen LogP contribution in [0.3, 0.4) is 0 Å². The predicted octanol–water partition coefficient (Wildman–Crippen LogP) is 4.99. The van der Waals surface area contributed by atoms with E-state index in [1.165, 1.54) is 12.1 Å². The SMILES string of the molecule is CS(=O)(=O)NC(=O)c1ccc(OC(c2ccc(Cl)cc2)c2ccccc2Cl)c(F)c1. The van der Waals surface area contributed by atoms with Crippen molar-refractivity contribution in [1.82, 2.24) is 4.72 Å². The first kappa shape index (κ1) is 22.1. The van der Waals surface area contributed by atoms with Crippen molar-refractivity contribution in [2.75, 3.05) is 6.26 Å². The summed E-state index contributed by atoms with van der Waals surface area (Å²) in [6.07, 6.45) is 0.0835. The molecule has 0 fully saturated rings. The summed E-state index contributed by atoms with van der Waals surface area (Å²) in [4.78, 5) is 11.9. The van der Waals surface area contributed by atoms with Crippen LogP contribution in [0.5, 0.6) is 5.75 Å². The Morgan fingerprint density at radius 1 is 1.03 bits per heavy atom. The molecule has 0 heterocycles. The lowest BCUT2D eigenvalue weighted by Gasteiger charge is -2.22. The van der Waals surface area contributed by atoms with Crippen molar-refractivity contribution in [3.8, 4) is 5.75 Å². The van der Waals surface area contributed by atoms with Crippen LogP contribution in [0.15, 0.2) is 66.7 Å². The number of benzene rings is 3. The van der Waals surface area contributed by atoms with E-state index in [0.29, 0.717) is 21.2 Å². The molecule has 0 spiro atoms. The molecule has 156 valence electrons. The molecule has 0 aliphatic heterocycles. The summed E-state index contributed by atoms with van der Waals surface area (Å²) in [5.41, 5.74) is 1.14. The van der Waals surface area contributed by atoms with Gasteiger partial charge < -0.3 is 4.74 Å². The summed E-state index contributed by atoms with van der Waals surface area (Å²) < 4.78 is 44.8. The lowest BCUT2D eigenvalue weighted by atomic mass is 10.0. The van der Waals surface area contributed by atoms with Crippen LogP contribution in [0.4, 0.5) is 4.39 Å². The van der Waals surface area contributed by atoms with Gasteiger partial charge in [-0.25, -0.2) is 17.5 Å². The molecule has 0 saturated carbocycles. The first-order valence-corrected chi connectivity index (χ1v) is 11.3. The fraction of sp³-hybridized carbons (Fsp3) is 0.0952. The van der Waals surface area contributed by atoms with E-state index in [1.54, 1.807) is 53.3 Å². The maximum absolute atomic E-state index is 14.7. The zero-order valence-electron chi connectivity index (χ0n) is 15.6. The van der Waals surface area contributed by atoms with Gasteiger partial charge in [0.15, 0.2) is 17.7 Å². The number of hydrogen-bond donors (Lipinski definition) is 1. The van der Waals surface area contributed by atoms with E-state index in [9.17, 15) is 17.6 Å². The third-order valence-corrected chi connectivity index (χ3v) is 5.23. The summed E-state index contributed by atoms with van der Waals surface area (Å²) in [5, 5.41) is 0.964. The van der Waals surface area contributed by atoms with Gasteiger partial charge in [0.2, 0.25) is 10.0 Å². The van der Waals surface area contributed by atoms with E-state index < -0.39 is 27.9 Å². The molecule has 1 N–H and O–H groups in total. The topological polar surface area (TPSA) is 72.5 Å². The molecule has 0 radical (unpaired) electrons. The third kappa shape index (κ3) is 5.50. The Bertz CT molecular complexity index is 1180. The molecule has 30 heavy (non-hydrogen) atoms. The number of nitrogens with one attached hydrogen (secondary N) is 1. The van der Waals surface area contributed by atoms with Crippen molar-refractivity contribution in [3.63, 3.8) is 0 Å². The van der Waals surface area contributed by atoms with Crippen LogP contribution >= 0.6 is 23.2 Å². The van der Waals surface area contributed by atoms with E-state index in [-0.39, 0.29) is 11.3 Å². The molecule has 3 rings (SSSR count). The number of ether oxygens (including phenoxy) is 1. The van der Waals surface area contributed by atoms with Crippen molar-refractivity contribution < 1.29 is 22.3 Å². The fourth-order valence-corrected chi connectivity index (χ4v) is 3.54. The second kappa shape index (κ2) is 9.04. The number of halogens is 3. The minimum Gasteiger partial charge on any atom is -0.478 e. The lowest BCUT2D eigenvalue weighted by Crippen LogP contribution is -2.29. The molecule has 1 atom stereocenters. The molecule has 0 aliphatic carbocycles. The molecule has 5 nitrogen and oxygen atoms in total. The third-order valence-electron chi connectivity index (χ3n) is 4.08. The van der Waals surface area contributed by atoms with Gasteiger partial charge in [-0.1, -0.05) is 53.5 Å². The first-order chi connectivity index (χ1) is 14.1. The van der Waals surface area contributed by atoms with Crippen LogP contribution in [0.25, 0.3) is 0 Å². The standard InChI is InChI=1S/C21H16Cl2FNO4S/c1-30(27,28)25-21(26)14-8-11-19(18(24)12-14)29-20(13-6-9-15(22)10-7-13)16-4-2-3-5-17(16)23/h2-12,20H,1H3,(H,25,26). The van der Waals surface area contributed by atoms with Gasteiger partial charge in [-0.3, -0.25) is 4.79 Å². The first-order valence-electron chi connectivity index (χ1n) is 8.62. The number of carbonyl (C=O) groups excluding carboxylic acids is 1. The summed E-state index contributed by atoms with van der Waals surface area (Å²) in [6, 6.07) is 17.3. The van der Waals surface area contributed by atoms with Gasteiger partial charge in [0, 0.05) is 21.2 Å². The molecule has 0 aromatic heterocycles. The molecule has 1 unspecified atom stereocenters. The van der Waals surface area contributed by atoms with Gasteiger partial charge in [0.1, 0.15) is 0 Å². The molecule has 0 saturated heterocycles. The van der Waals surface area contributed by atoms with Gasteiger partial charge in [0.05, 0.1) is 6.26 Å². The number of sulfonamides is 1. The molecule has 0 bridgehead atoms. The average molecular weight is 468 g/mol. The Morgan fingerprint density at radius 3 is 2.30 bits per heavy atom. The minimum atomic E-state index is -3.77. The van der Waals surface area contributed by atoms with Crippen LogP contribution in [0.1, 0.15) is 27.6 Å². The Morgan fingerprint density at radius 2 is 1.70 bits per heavy atom. The highest BCUT2D eigenvalue weighted by atomic mass is 35.5. The zero-order chi connectivity index (χ0) is 21.9. The fourth-order valence-electron chi connectivity index (χ4n) is 2.73. The van der Waals surface area contributed by atoms with Crippen LogP contribution in [0, 0.1) is 5.82 Å². The predicted molar refractivity (Wildman–Crippen MR) is 114 cm³/mol. The highest BCUT2D eigenvalue weighted by Crippen LogP contribution is 2.34. The van der Waals surface area contributed by atoms with Gasteiger partial charge in [0.25, 0.3) is 5.91 Å². The number of carbonyl (C=O) groups is 1. The largest absolute Gasteiger partial charge is 0.478 e. The van der Waals surface area contributed by atoms with Crippen molar-refractivity contribution in [2.24, 2.45) is 0 Å². The van der Waals surface area contributed by atoms with E-state index in [1.807, 2.05) is 0 Å². The average Bonchev–Trinajstić information content (AvgIpc) is 2.67. The second-order valence-corrected chi connectivity index (χ2v) is 9.01. The lowest BCUT2D eigenvalue weighted by molar-refractivity contribution is 0.0981. The van der Waals surface area contributed by atoms with E-state index in [0.717, 1.165) is 12.3 Å². The zero-order valence-corrected chi connectivity index (χ0v) is 17.9. The molecule has 9 heteroatoms. The van der Waals surface area contributed by atoms with Crippen molar-refractivity contribution in [3.05, 3.63) is 99.3 Å². The molecular formula is C21H16Cl2FNO4S. The summed E-state index contributed by atoms with van der Waals surface area (Å²) in [5.74, 6) is -1.91. The minimum absolute atomic E-state index is 0.134. The Balaban J connectivity index is 1.96. The second-order valence-electron chi connectivity index (χ2n) is 6.42. The van der Waals surface area contributed by atoms with Crippen LogP contribution < -0.4 is 9.46 Å². The van der Waals surface area contributed by atoms with Gasteiger partial charge >= 0.3 is 0 Å². The normalized spacial score (nSPS) is 12.3. The maximum Gasteiger partial charge on any atom is 0.264 e. The number of hydrogen-bond acceptors (Lipinski definition) is 4. The molecule has 0 aliphatic rings. The van der Waals surface area contributed by atoms with Crippen molar-refractivity contribution in [1.29, 1.82) is 0 Å². The molecule has 1 amide bonds. The van der Waals surface area contributed by atoms with Gasteiger partial charge in [-0.2, -0.15) is 0 Å². The summed E-state index contributed by atoms with van der Waals surface area (Å²) >= 11 is 12.3. The Hall–Kier alpha value is -2.61. The number of amides is 1. The maximum atomic E-state index is 14.7. The molecule has 3 aromatic carbocycles. The van der Waals surface area contributed by atoms with E-state index in [2.05, 4.69) is 0 Å². The highest BCUT2D eigenvalue weighted by Gasteiger charge is 2.21. The quantitative estimate of drug-likeness (QED) is 0.554.